The van der Waals surface area contributed by atoms with Crippen LogP contribution in [0, 0.1) is 0 Å². The molecule has 108 valence electrons. The van der Waals surface area contributed by atoms with Crippen LogP contribution >= 0.6 is 0 Å². The van der Waals surface area contributed by atoms with Crippen LogP contribution in [0.25, 0.3) is 11.0 Å². The number of benzene rings is 1. The number of aromatic nitrogens is 2. The van der Waals surface area contributed by atoms with E-state index in [0.717, 1.165) is 49.3 Å². The molecule has 0 saturated carbocycles. The predicted octanol–water partition coefficient (Wildman–Crippen LogP) is 2.72. The molecular formula is C15H20N2O3. The molecule has 0 fully saturated rings. The number of hydrogen-bond donors (Lipinski definition) is 1. The van der Waals surface area contributed by atoms with Gasteiger partial charge in [0.1, 0.15) is 5.82 Å². The molecule has 20 heavy (non-hydrogen) atoms. The van der Waals surface area contributed by atoms with Gasteiger partial charge in [0.2, 0.25) is 0 Å². The number of aromatic carboxylic acids is 1. The first kappa shape index (κ1) is 14.5. The SMILES string of the molecule is CCc1nc2cc(C(=O)O)ccc2n1CCCCOC. The van der Waals surface area contributed by atoms with E-state index in [1.54, 1.807) is 19.2 Å². The number of methoxy groups -OCH3 is 1. The molecular weight excluding hydrogens is 256 g/mol. The summed E-state index contributed by atoms with van der Waals surface area (Å²) in [5, 5.41) is 9.03. The predicted molar refractivity (Wildman–Crippen MR) is 77.2 cm³/mol. The molecule has 5 nitrogen and oxygen atoms in total. The van der Waals surface area contributed by atoms with Crippen LogP contribution in [0.1, 0.15) is 35.9 Å². The molecule has 1 heterocycles. The van der Waals surface area contributed by atoms with Crippen molar-refractivity contribution >= 4 is 17.0 Å². The average Bonchev–Trinajstić information content (AvgIpc) is 2.80. The summed E-state index contributed by atoms with van der Waals surface area (Å²) in [4.78, 5) is 15.5. The van der Waals surface area contributed by atoms with Crippen LogP contribution in [0.4, 0.5) is 0 Å². The Bertz CT molecular complexity index is 604. The van der Waals surface area contributed by atoms with Gasteiger partial charge in [0, 0.05) is 26.7 Å². The summed E-state index contributed by atoms with van der Waals surface area (Å²) in [6, 6.07) is 5.13. The van der Waals surface area contributed by atoms with Crippen LogP contribution < -0.4 is 0 Å². The zero-order valence-corrected chi connectivity index (χ0v) is 11.9. The molecule has 0 radical (unpaired) electrons. The number of carboxylic acid groups (broad SMARTS) is 1. The molecule has 0 aliphatic heterocycles. The number of carboxylic acids is 1. The van der Waals surface area contributed by atoms with Crippen LogP contribution in [-0.2, 0) is 17.7 Å². The van der Waals surface area contributed by atoms with Crippen LogP contribution in [0.15, 0.2) is 18.2 Å². The first-order chi connectivity index (χ1) is 9.67. The monoisotopic (exact) mass is 276 g/mol. The molecule has 2 aromatic rings. The molecule has 0 amide bonds. The van der Waals surface area contributed by atoms with Crippen molar-refractivity contribution in [3.05, 3.63) is 29.6 Å². The number of rotatable bonds is 7. The Balaban J connectivity index is 2.29. The van der Waals surface area contributed by atoms with Crippen molar-refractivity contribution in [1.82, 2.24) is 9.55 Å². The number of nitrogens with zero attached hydrogens (tertiary/aromatic N) is 2. The minimum atomic E-state index is -0.917. The summed E-state index contributed by atoms with van der Waals surface area (Å²) < 4.78 is 7.23. The highest BCUT2D eigenvalue weighted by Crippen LogP contribution is 2.19. The summed E-state index contributed by atoms with van der Waals surface area (Å²) >= 11 is 0. The maximum absolute atomic E-state index is 11.0. The van der Waals surface area contributed by atoms with Gasteiger partial charge in [0.15, 0.2) is 0 Å². The van der Waals surface area contributed by atoms with E-state index in [0.29, 0.717) is 0 Å². The molecule has 0 unspecified atom stereocenters. The molecule has 2 rings (SSSR count). The van der Waals surface area contributed by atoms with E-state index in [1.807, 2.05) is 6.07 Å². The van der Waals surface area contributed by atoms with E-state index in [9.17, 15) is 4.79 Å². The lowest BCUT2D eigenvalue weighted by molar-refractivity contribution is 0.0697. The fourth-order valence-electron chi connectivity index (χ4n) is 2.35. The minimum absolute atomic E-state index is 0.282. The van der Waals surface area contributed by atoms with Crippen molar-refractivity contribution in [3.8, 4) is 0 Å². The Morgan fingerprint density at radius 3 is 2.85 bits per heavy atom. The molecule has 0 atom stereocenters. The second-order valence-electron chi connectivity index (χ2n) is 4.74. The topological polar surface area (TPSA) is 64.3 Å². The van der Waals surface area contributed by atoms with E-state index < -0.39 is 5.97 Å². The summed E-state index contributed by atoms with van der Waals surface area (Å²) in [7, 11) is 1.71. The van der Waals surface area contributed by atoms with Crippen LogP contribution in [0.3, 0.4) is 0 Å². The van der Waals surface area contributed by atoms with Gasteiger partial charge in [-0.3, -0.25) is 0 Å². The lowest BCUT2D eigenvalue weighted by atomic mass is 10.2. The van der Waals surface area contributed by atoms with Gasteiger partial charge in [-0.2, -0.15) is 0 Å². The highest BCUT2D eigenvalue weighted by Gasteiger charge is 2.11. The zero-order chi connectivity index (χ0) is 14.5. The minimum Gasteiger partial charge on any atom is -0.478 e. The highest BCUT2D eigenvalue weighted by atomic mass is 16.5. The Labute approximate surface area is 118 Å². The molecule has 0 bridgehead atoms. The number of imidazole rings is 1. The molecule has 0 saturated heterocycles. The normalized spacial score (nSPS) is 11.1. The summed E-state index contributed by atoms with van der Waals surface area (Å²) in [6.07, 6.45) is 2.86. The fourth-order valence-corrected chi connectivity index (χ4v) is 2.35. The maximum atomic E-state index is 11.0. The van der Waals surface area contributed by atoms with Gasteiger partial charge in [0.05, 0.1) is 16.6 Å². The van der Waals surface area contributed by atoms with Gasteiger partial charge >= 0.3 is 5.97 Å². The largest absolute Gasteiger partial charge is 0.478 e. The lowest BCUT2D eigenvalue weighted by Crippen LogP contribution is -2.04. The summed E-state index contributed by atoms with van der Waals surface area (Å²) in [5.74, 6) is 0.0829. The van der Waals surface area contributed by atoms with Crippen LogP contribution in [0.2, 0.25) is 0 Å². The number of fused-ring (bicyclic) bond motifs is 1. The van der Waals surface area contributed by atoms with E-state index in [4.69, 9.17) is 9.84 Å². The van der Waals surface area contributed by atoms with Crippen molar-refractivity contribution in [2.75, 3.05) is 13.7 Å². The third kappa shape index (κ3) is 2.99. The molecule has 0 aliphatic carbocycles. The van der Waals surface area contributed by atoms with Gasteiger partial charge < -0.3 is 14.4 Å². The first-order valence-corrected chi connectivity index (χ1v) is 6.88. The number of unbranched alkanes of at least 4 members (excludes halogenated alkanes) is 1. The summed E-state index contributed by atoms with van der Waals surface area (Å²) in [6.45, 7) is 3.71. The first-order valence-electron chi connectivity index (χ1n) is 6.88. The number of ether oxygens (including phenoxy) is 1. The maximum Gasteiger partial charge on any atom is 0.335 e. The second kappa shape index (κ2) is 6.52. The van der Waals surface area contributed by atoms with Gasteiger partial charge in [-0.05, 0) is 31.0 Å². The molecule has 0 aliphatic rings. The van der Waals surface area contributed by atoms with E-state index in [1.165, 1.54) is 0 Å². The summed E-state index contributed by atoms with van der Waals surface area (Å²) in [5.41, 5.74) is 2.04. The van der Waals surface area contributed by atoms with Gasteiger partial charge in [0.25, 0.3) is 0 Å². The van der Waals surface area contributed by atoms with Crippen molar-refractivity contribution in [2.24, 2.45) is 0 Å². The van der Waals surface area contributed by atoms with Crippen LogP contribution in [0.5, 0.6) is 0 Å². The van der Waals surface area contributed by atoms with E-state index in [-0.39, 0.29) is 5.56 Å². The molecule has 1 aromatic heterocycles. The molecule has 1 N–H and O–H groups in total. The van der Waals surface area contributed by atoms with Crippen molar-refractivity contribution < 1.29 is 14.6 Å². The van der Waals surface area contributed by atoms with E-state index >= 15 is 0 Å². The number of carbonyl (C=O) groups is 1. The molecule has 5 heteroatoms. The molecule has 1 aromatic carbocycles. The van der Waals surface area contributed by atoms with Crippen molar-refractivity contribution in [2.45, 2.75) is 32.7 Å². The Morgan fingerprint density at radius 1 is 1.40 bits per heavy atom. The highest BCUT2D eigenvalue weighted by molar-refractivity contribution is 5.92. The lowest BCUT2D eigenvalue weighted by Gasteiger charge is -2.07. The number of hydrogen-bond acceptors (Lipinski definition) is 3. The third-order valence-corrected chi connectivity index (χ3v) is 3.37. The van der Waals surface area contributed by atoms with E-state index in [2.05, 4.69) is 16.5 Å². The molecule has 0 spiro atoms. The number of aryl methyl sites for hydroxylation is 2. The van der Waals surface area contributed by atoms with Gasteiger partial charge in [-0.15, -0.1) is 0 Å². The van der Waals surface area contributed by atoms with Crippen molar-refractivity contribution in [1.29, 1.82) is 0 Å². The average molecular weight is 276 g/mol. The fraction of sp³-hybridized carbons (Fsp3) is 0.467. The Kier molecular flexibility index (Phi) is 4.74. The van der Waals surface area contributed by atoms with Crippen molar-refractivity contribution in [3.63, 3.8) is 0 Å². The quantitative estimate of drug-likeness (QED) is 0.790. The Hall–Kier alpha value is -1.88. The standard InChI is InChI=1S/C15H20N2O3/c1-3-14-16-12-10-11(15(18)19)6-7-13(12)17(14)8-4-5-9-20-2/h6-7,10H,3-5,8-9H2,1-2H3,(H,18,19). The third-order valence-electron chi connectivity index (χ3n) is 3.37. The van der Waals surface area contributed by atoms with Gasteiger partial charge in [-0.1, -0.05) is 6.92 Å². The second-order valence-corrected chi connectivity index (χ2v) is 4.74. The van der Waals surface area contributed by atoms with Crippen LogP contribution in [-0.4, -0.2) is 34.3 Å². The smallest absolute Gasteiger partial charge is 0.335 e. The van der Waals surface area contributed by atoms with Gasteiger partial charge in [-0.25, -0.2) is 9.78 Å². The Morgan fingerprint density at radius 2 is 2.20 bits per heavy atom. The zero-order valence-electron chi connectivity index (χ0n) is 11.9.